The van der Waals surface area contributed by atoms with Gasteiger partial charge in [0.25, 0.3) is 0 Å². The topological polar surface area (TPSA) is 92.4 Å². The van der Waals surface area contributed by atoms with Crippen LogP contribution in [0.4, 0.5) is 0 Å². The predicted molar refractivity (Wildman–Crippen MR) is 110 cm³/mol. The molecule has 1 aromatic heterocycles. The molecule has 1 amide bonds. The second-order valence-electron chi connectivity index (χ2n) is 6.13. The van der Waals surface area contributed by atoms with Gasteiger partial charge in [0, 0.05) is 11.1 Å². The Morgan fingerprint density at radius 1 is 0.931 bits per heavy atom. The van der Waals surface area contributed by atoms with Crippen molar-refractivity contribution in [3.05, 3.63) is 96.3 Å². The summed E-state index contributed by atoms with van der Waals surface area (Å²) in [5, 5.41) is 18.0. The summed E-state index contributed by atoms with van der Waals surface area (Å²) in [4.78, 5) is 16.9. The van der Waals surface area contributed by atoms with Crippen LogP contribution in [0.3, 0.4) is 0 Å². The van der Waals surface area contributed by atoms with Gasteiger partial charge in [0.05, 0.1) is 11.9 Å². The number of aromatic nitrogens is 3. The molecule has 0 atom stereocenters. The highest BCUT2D eigenvalue weighted by molar-refractivity contribution is 5.92. The average molecular weight is 383 g/mol. The SMILES string of the molecule is O=C(N/N=C/c1ccccc1O)c1nc(-c2ccccc2)n(-c2ccccc2)n1. The number of phenols is 1. The van der Waals surface area contributed by atoms with E-state index in [9.17, 15) is 9.90 Å². The zero-order valence-corrected chi connectivity index (χ0v) is 15.3. The van der Waals surface area contributed by atoms with E-state index < -0.39 is 5.91 Å². The molecule has 0 unspecified atom stereocenters. The van der Waals surface area contributed by atoms with Crippen LogP contribution >= 0.6 is 0 Å². The molecule has 7 nitrogen and oxygen atoms in total. The number of nitrogens with zero attached hydrogens (tertiary/aromatic N) is 4. The molecule has 0 aliphatic heterocycles. The van der Waals surface area contributed by atoms with E-state index in [-0.39, 0.29) is 11.6 Å². The standard InChI is InChI=1S/C22H17N5O2/c28-19-14-8-7-11-17(19)15-23-25-22(29)20-24-21(16-9-3-1-4-10-16)27(26-20)18-12-5-2-6-13-18/h1-15,28H,(H,25,29)/b23-15+. The molecule has 0 bridgehead atoms. The minimum atomic E-state index is -0.552. The third kappa shape index (κ3) is 4.03. The van der Waals surface area contributed by atoms with E-state index >= 15 is 0 Å². The number of amides is 1. The van der Waals surface area contributed by atoms with Crippen molar-refractivity contribution in [2.75, 3.05) is 0 Å². The van der Waals surface area contributed by atoms with E-state index in [1.54, 1.807) is 28.9 Å². The van der Waals surface area contributed by atoms with Crippen LogP contribution < -0.4 is 5.43 Å². The molecule has 142 valence electrons. The third-order valence-electron chi connectivity index (χ3n) is 4.15. The molecule has 3 aromatic carbocycles. The van der Waals surface area contributed by atoms with Crippen LogP contribution in [0.2, 0.25) is 0 Å². The lowest BCUT2D eigenvalue weighted by molar-refractivity contribution is 0.0945. The monoisotopic (exact) mass is 383 g/mol. The van der Waals surface area contributed by atoms with Crippen molar-refractivity contribution >= 4 is 12.1 Å². The molecule has 2 N–H and O–H groups in total. The van der Waals surface area contributed by atoms with Crippen molar-refractivity contribution in [1.29, 1.82) is 0 Å². The van der Waals surface area contributed by atoms with Gasteiger partial charge in [-0.15, -0.1) is 5.10 Å². The summed E-state index contributed by atoms with van der Waals surface area (Å²) in [6, 6.07) is 25.7. The first-order valence-electron chi connectivity index (χ1n) is 8.91. The van der Waals surface area contributed by atoms with Crippen molar-refractivity contribution in [3.8, 4) is 22.8 Å². The van der Waals surface area contributed by atoms with Crippen molar-refractivity contribution in [3.63, 3.8) is 0 Å². The molecule has 0 aliphatic carbocycles. The van der Waals surface area contributed by atoms with Gasteiger partial charge in [-0.1, -0.05) is 60.7 Å². The van der Waals surface area contributed by atoms with Crippen molar-refractivity contribution in [1.82, 2.24) is 20.2 Å². The van der Waals surface area contributed by atoms with E-state index in [4.69, 9.17) is 0 Å². The van der Waals surface area contributed by atoms with Gasteiger partial charge in [-0.3, -0.25) is 4.79 Å². The number of para-hydroxylation sites is 2. The molecular formula is C22H17N5O2. The number of nitrogens with one attached hydrogen (secondary N) is 1. The van der Waals surface area contributed by atoms with Gasteiger partial charge < -0.3 is 5.11 Å². The number of carbonyl (C=O) groups excluding carboxylic acids is 1. The average Bonchev–Trinajstić information content (AvgIpc) is 3.22. The van der Waals surface area contributed by atoms with Crippen LogP contribution in [0.25, 0.3) is 17.1 Å². The fourth-order valence-corrected chi connectivity index (χ4v) is 2.74. The van der Waals surface area contributed by atoms with Crippen LogP contribution in [-0.4, -0.2) is 32.0 Å². The van der Waals surface area contributed by atoms with Gasteiger partial charge in [-0.25, -0.2) is 15.1 Å². The number of hydrogen-bond acceptors (Lipinski definition) is 5. The summed E-state index contributed by atoms with van der Waals surface area (Å²) in [5.74, 6) is 0.0562. The summed E-state index contributed by atoms with van der Waals surface area (Å²) < 4.78 is 1.62. The van der Waals surface area contributed by atoms with Crippen molar-refractivity contribution in [2.45, 2.75) is 0 Å². The fourth-order valence-electron chi connectivity index (χ4n) is 2.74. The van der Waals surface area contributed by atoms with E-state index in [1.807, 2.05) is 60.7 Å². The fraction of sp³-hybridized carbons (Fsp3) is 0. The number of carbonyl (C=O) groups is 1. The van der Waals surface area contributed by atoms with Gasteiger partial charge in [-0.2, -0.15) is 5.10 Å². The highest BCUT2D eigenvalue weighted by Gasteiger charge is 2.18. The molecule has 0 aliphatic rings. The first-order valence-corrected chi connectivity index (χ1v) is 8.91. The quantitative estimate of drug-likeness (QED) is 0.408. The highest BCUT2D eigenvalue weighted by Crippen LogP contribution is 2.21. The first-order chi connectivity index (χ1) is 14.2. The van der Waals surface area contributed by atoms with Gasteiger partial charge in [0.1, 0.15) is 5.75 Å². The summed E-state index contributed by atoms with van der Waals surface area (Å²) >= 11 is 0. The zero-order valence-electron chi connectivity index (χ0n) is 15.3. The Bertz CT molecular complexity index is 1100. The van der Waals surface area contributed by atoms with Crippen LogP contribution in [0.15, 0.2) is 90.0 Å². The van der Waals surface area contributed by atoms with E-state index in [0.717, 1.165) is 11.3 Å². The molecule has 7 heteroatoms. The Hall–Kier alpha value is -4.26. The van der Waals surface area contributed by atoms with Gasteiger partial charge in [0.15, 0.2) is 5.82 Å². The second-order valence-corrected chi connectivity index (χ2v) is 6.13. The molecule has 1 heterocycles. The molecule has 0 fully saturated rings. The summed E-state index contributed by atoms with van der Waals surface area (Å²) in [7, 11) is 0. The summed E-state index contributed by atoms with van der Waals surface area (Å²) in [6.45, 7) is 0. The molecule has 0 radical (unpaired) electrons. The van der Waals surface area contributed by atoms with Crippen molar-refractivity contribution < 1.29 is 9.90 Å². The van der Waals surface area contributed by atoms with Gasteiger partial charge in [0.2, 0.25) is 5.82 Å². The van der Waals surface area contributed by atoms with Gasteiger partial charge in [-0.05, 0) is 24.3 Å². The lowest BCUT2D eigenvalue weighted by Gasteiger charge is -2.05. The Kier molecular flexibility index (Phi) is 5.11. The van der Waals surface area contributed by atoms with Gasteiger partial charge >= 0.3 is 5.91 Å². The molecule has 4 rings (SSSR count). The van der Waals surface area contributed by atoms with Crippen molar-refractivity contribution in [2.24, 2.45) is 5.10 Å². The third-order valence-corrected chi connectivity index (χ3v) is 4.15. The number of aromatic hydroxyl groups is 1. The van der Waals surface area contributed by atoms with E-state index in [1.165, 1.54) is 6.21 Å². The molecule has 0 saturated carbocycles. The Morgan fingerprint density at radius 3 is 2.31 bits per heavy atom. The van der Waals surface area contributed by atoms with E-state index in [0.29, 0.717) is 11.4 Å². The lowest BCUT2D eigenvalue weighted by atomic mass is 10.2. The van der Waals surface area contributed by atoms with Crippen LogP contribution in [0, 0.1) is 0 Å². The van der Waals surface area contributed by atoms with Crippen LogP contribution in [-0.2, 0) is 0 Å². The summed E-state index contributed by atoms with van der Waals surface area (Å²) in [6.07, 6.45) is 1.36. The normalized spacial score (nSPS) is 10.9. The molecule has 0 spiro atoms. The zero-order chi connectivity index (χ0) is 20.1. The number of rotatable bonds is 5. The highest BCUT2D eigenvalue weighted by atomic mass is 16.3. The first kappa shape index (κ1) is 18.1. The molecule has 0 saturated heterocycles. The minimum absolute atomic E-state index is 0.0119. The number of hydrazone groups is 1. The Balaban J connectivity index is 1.63. The van der Waals surface area contributed by atoms with E-state index in [2.05, 4.69) is 20.6 Å². The Morgan fingerprint density at radius 2 is 1.59 bits per heavy atom. The lowest BCUT2D eigenvalue weighted by Crippen LogP contribution is -2.19. The maximum absolute atomic E-state index is 12.5. The summed E-state index contributed by atoms with van der Waals surface area (Å²) in [5.41, 5.74) is 4.51. The maximum atomic E-state index is 12.5. The van der Waals surface area contributed by atoms with Crippen LogP contribution in [0.1, 0.15) is 16.2 Å². The molecular weight excluding hydrogens is 366 g/mol. The Labute approximate surface area is 167 Å². The molecule has 4 aromatic rings. The second kappa shape index (κ2) is 8.18. The van der Waals surface area contributed by atoms with Crippen LogP contribution in [0.5, 0.6) is 5.75 Å². The number of phenolic OH excluding ortho intramolecular Hbond substituents is 1. The minimum Gasteiger partial charge on any atom is -0.507 e. The predicted octanol–water partition coefficient (Wildman–Crippen LogP) is 3.40. The maximum Gasteiger partial charge on any atom is 0.311 e. The number of benzene rings is 3. The number of hydrogen-bond donors (Lipinski definition) is 2. The smallest absolute Gasteiger partial charge is 0.311 e. The molecule has 29 heavy (non-hydrogen) atoms. The largest absolute Gasteiger partial charge is 0.507 e.